The van der Waals surface area contributed by atoms with E-state index < -0.39 is 0 Å². The Morgan fingerprint density at radius 1 is 1.16 bits per heavy atom. The van der Waals surface area contributed by atoms with Gasteiger partial charge in [-0.2, -0.15) is 0 Å². The third kappa shape index (κ3) is 6.24. The van der Waals surface area contributed by atoms with Crippen molar-refractivity contribution in [3.8, 4) is 0 Å². The molecule has 1 aliphatic rings. The molecule has 1 aliphatic carbocycles. The molecule has 2 atom stereocenters. The lowest BCUT2D eigenvalue weighted by Crippen LogP contribution is -2.48. The van der Waals surface area contributed by atoms with Gasteiger partial charge < -0.3 is 10.1 Å². The van der Waals surface area contributed by atoms with E-state index in [9.17, 15) is 0 Å². The average molecular weight is 270 g/mol. The Bertz CT molecular complexity index is 217. The average Bonchev–Trinajstić information content (AvgIpc) is 2.46. The van der Waals surface area contributed by atoms with Gasteiger partial charge in [0.05, 0.1) is 6.61 Å². The van der Waals surface area contributed by atoms with Crippen molar-refractivity contribution in [3.05, 3.63) is 0 Å². The smallest absolute Gasteiger partial charge is 0.0589 e. The number of hydrogen-bond donors (Lipinski definition) is 1. The zero-order valence-corrected chi connectivity index (χ0v) is 13.5. The topological polar surface area (TPSA) is 24.5 Å². The summed E-state index contributed by atoms with van der Waals surface area (Å²) >= 11 is 0. The standard InChI is InChI=1S/C16H34N2O/c1-5-14(2)18(11-12-19-4)15(3)13-17-16-9-7-6-8-10-16/h14-17H,5-13H2,1-4H3. The van der Waals surface area contributed by atoms with Crippen LogP contribution >= 0.6 is 0 Å². The second kappa shape index (κ2) is 9.73. The van der Waals surface area contributed by atoms with E-state index in [2.05, 4.69) is 31.0 Å². The molecule has 3 nitrogen and oxygen atoms in total. The first-order valence-corrected chi connectivity index (χ1v) is 8.17. The summed E-state index contributed by atoms with van der Waals surface area (Å²) in [5.74, 6) is 0. The van der Waals surface area contributed by atoms with Gasteiger partial charge in [-0.15, -0.1) is 0 Å². The van der Waals surface area contributed by atoms with E-state index in [1.165, 1.54) is 38.5 Å². The summed E-state index contributed by atoms with van der Waals surface area (Å²) in [6, 6.07) is 1.99. The van der Waals surface area contributed by atoms with Crippen LogP contribution in [0.5, 0.6) is 0 Å². The fourth-order valence-corrected chi connectivity index (χ4v) is 3.07. The van der Waals surface area contributed by atoms with E-state index in [0.717, 1.165) is 25.7 Å². The van der Waals surface area contributed by atoms with Crippen LogP contribution < -0.4 is 5.32 Å². The van der Waals surface area contributed by atoms with Crippen molar-refractivity contribution >= 4 is 0 Å². The molecule has 0 spiro atoms. The molecule has 19 heavy (non-hydrogen) atoms. The molecule has 114 valence electrons. The second-order valence-electron chi connectivity index (χ2n) is 6.08. The Kier molecular flexibility index (Phi) is 8.67. The molecule has 0 bridgehead atoms. The Morgan fingerprint density at radius 3 is 2.42 bits per heavy atom. The van der Waals surface area contributed by atoms with Gasteiger partial charge in [0.15, 0.2) is 0 Å². The summed E-state index contributed by atoms with van der Waals surface area (Å²) in [4.78, 5) is 2.58. The number of nitrogens with one attached hydrogen (secondary N) is 1. The molecule has 0 aromatic carbocycles. The van der Waals surface area contributed by atoms with E-state index in [-0.39, 0.29) is 0 Å². The molecular weight excluding hydrogens is 236 g/mol. The molecule has 2 unspecified atom stereocenters. The molecule has 0 aromatic rings. The second-order valence-corrected chi connectivity index (χ2v) is 6.08. The van der Waals surface area contributed by atoms with E-state index in [4.69, 9.17) is 4.74 Å². The molecular formula is C16H34N2O. The number of hydrogen-bond acceptors (Lipinski definition) is 3. The molecule has 0 saturated heterocycles. The monoisotopic (exact) mass is 270 g/mol. The molecule has 0 aliphatic heterocycles. The van der Waals surface area contributed by atoms with Crippen LogP contribution in [0, 0.1) is 0 Å². The number of methoxy groups -OCH3 is 1. The fraction of sp³-hybridized carbons (Fsp3) is 1.00. The minimum absolute atomic E-state index is 0.590. The lowest BCUT2D eigenvalue weighted by Gasteiger charge is -2.35. The summed E-state index contributed by atoms with van der Waals surface area (Å²) in [7, 11) is 1.79. The summed E-state index contributed by atoms with van der Waals surface area (Å²) in [6.07, 6.45) is 8.19. The third-order valence-corrected chi connectivity index (χ3v) is 4.58. The van der Waals surface area contributed by atoms with Gasteiger partial charge in [0.1, 0.15) is 0 Å². The van der Waals surface area contributed by atoms with Crippen LogP contribution in [0.3, 0.4) is 0 Å². The molecule has 1 rings (SSSR count). The molecule has 1 N–H and O–H groups in total. The highest BCUT2D eigenvalue weighted by Gasteiger charge is 2.20. The first-order valence-electron chi connectivity index (χ1n) is 8.17. The minimum atomic E-state index is 0.590. The first kappa shape index (κ1) is 16.9. The highest BCUT2D eigenvalue weighted by Crippen LogP contribution is 2.17. The lowest BCUT2D eigenvalue weighted by molar-refractivity contribution is 0.0916. The van der Waals surface area contributed by atoms with Gasteiger partial charge in [0.25, 0.3) is 0 Å². The Morgan fingerprint density at radius 2 is 1.84 bits per heavy atom. The number of rotatable bonds is 9. The predicted molar refractivity (Wildman–Crippen MR) is 82.7 cm³/mol. The maximum atomic E-state index is 5.25. The van der Waals surface area contributed by atoms with Gasteiger partial charge in [0, 0.05) is 38.3 Å². The van der Waals surface area contributed by atoms with Gasteiger partial charge in [-0.25, -0.2) is 0 Å². The van der Waals surface area contributed by atoms with Crippen molar-refractivity contribution in [1.82, 2.24) is 10.2 Å². The van der Waals surface area contributed by atoms with Gasteiger partial charge in [0.2, 0.25) is 0 Å². The van der Waals surface area contributed by atoms with Crippen molar-refractivity contribution in [2.75, 3.05) is 26.8 Å². The van der Waals surface area contributed by atoms with E-state index in [1.807, 2.05) is 0 Å². The summed E-state index contributed by atoms with van der Waals surface area (Å²) in [5, 5.41) is 3.77. The SMILES string of the molecule is CCC(C)N(CCOC)C(C)CNC1CCCCC1. The van der Waals surface area contributed by atoms with Crippen LogP contribution in [-0.2, 0) is 4.74 Å². The highest BCUT2D eigenvalue weighted by molar-refractivity contribution is 4.78. The maximum absolute atomic E-state index is 5.25. The molecule has 0 amide bonds. The Labute approximate surface area is 120 Å². The molecule has 1 fully saturated rings. The van der Waals surface area contributed by atoms with E-state index in [0.29, 0.717) is 12.1 Å². The zero-order valence-electron chi connectivity index (χ0n) is 13.5. The molecule has 1 saturated carbocycles. The molecule has 0 aromatic heterocycles. The summed E-state index contributed by atoms with van der Waals surface area (Å²) in [5.41, 5.74) is 0. The maximum Gasteiger partial charge on any atom is 0.0589 e. The van der Waals surface area contributed by atoms with Crippen molar-refractivity contribution in [1.29, 1.82) is 0 Å². The number of nitrogens with zero attached hydrogens (tertiary/aromatic N) is 1. The molecule has 0 heterocycles. The van der Waals surface area contributed by atoms with Gasteiger partial charge in [-0.1, -0.05) is 26.2 Å². The van der Waals surface area contributed by atoms with Crippen LogP contribution in [0.25, 0.3) is 0 Å². The normalized spacial score (nSPS) is 20.7. The largest absolute Gasteiger partial charge is 0.383 e. The van der Waals surface area contributed by atoms with Gasteiger partial charge >= 0.3 is 0 Å². The fourth-order valence-electron chi connectivity index (χ4n) is 3.07. The van der Waals surface area contributed by atoms with Crippen molar-refractivity contribution in [2.45, 2.75) is 77.4 Å². The third-order valence-electron chi connectivity index (χ3n) is 4.58. The Hall–Kier alpha value is -0.120. The van der Waals surface area contributed by atoms with E-state index in [1.54, 1.807) is 7.11 Å². The molecule has 0 radical (unpaired) electrons. The van der Waals surface area contributed by atoms with Crippen molar-refractivity contribution in [3.63, 3.8) is 0 Å². The first-order chi connectivity index (χ1) is 9.19. The van der Waals surface area contributed by atoms with Crippen LogP contribution in [0.2, 0.25) is 0 Å². The predicted octanol–water partition coefficient (Wildman–Crippen LogP) is 3.04. The zero-order chi connectivity index (χ0) is 14.1. The summed E-state index contributed by atoms with van der Waals surface area (Å²) < 4.78 is 5.25. The number of ether oxygens (including phenoxy) is 1. The highest BCUT2D eigenvalue weighted by atomic mass is 16.5. The Balaban J connectivity index is 2.34. The van der Waals surface area contributed by atoms with Gasteiger partial charge in [-0.3, -0.25) is 4.90 Å². The van der Waals surface area contributed by atoms with Crippen LogP contribution in [-0.4, -0.2) is 49.8 Å². The van der Waals surface area contributed by atoms with Crippen LogP contribution in [0.4, 0.5) is 0 Å². The molecule has 3 heteroatoms. The van der Waals surface area contributed by atoms with E-state index >= 15 is 0 Å². The van der Waals surface area contributed by atoms with Gasteiger partial charge in [-0.05, 0) is 33.1 Å². The minimum Gasteiger partial charge on any atom is -0.383 e. The van der Waals surface area contributed by atoms with Crippen LogP contribution in [0.1, 0.15) is 59.3 Å². The van der Waals surface area contributed by atoms with Crippen molar-refractivity contribution < 1.29 is 4.74 Å². The summed E-state index contributed by atoms with van der Waals surface area (Å²) in [6.45, 7) is 9.92. The van der Waals surface area contributed by atoms with Crippen molar-refractivity contribution in [2.24, 2.45) is 0 Å². The van der Waals surface area contributed by atoms with Crippen LogP contribution in [0.15, 0.2) is 0 Å². The lowest BCUT2D eigenvalue weighted by atomic mass is 9.95. The quantitative estimate of drug-likeness (QED) is 0.697.